The van der Waals surface area contributed by atoms with Crippen molar-refractivity contribution in [3.8, 4) is 0 Å². The molecule has 0 radical (unpaired) electrons. The van der Waals surface area contributed by atoms with Gasteiger partial charge < -0.3 is 5.11 Å². The summed E-state index contributed by atoms with van der Waals surface area (Å²) in [5.41, 5.74) is 0.841. The number of aliphatic hydroxyl groups excluding tert-OH is 1. The van der Waals surface area contributed by atoms with E-state index in [0.29, 0.717) is 12.0 Å². The molecule has 1 aromatic rings. The highest BCUT2D eigenvalue weighted by molar-refractivity contribution is 5.52. The second-order valence-electron chi connectivity index (χ2n) is 3.46. The summed E-state index contributed by atoms with van der Waals surface area (Å²) < 4.78 is 38.4. The first kappa shape index (κ1) is 6.49. The topological polar surface area (TPSA) is 20.2 Å². The average molecular weight is 209 g/mol. The zero-order valence-corrected chi connectivity index (χ0v) is 9.06. The Morgan fingerprint density at radius 2 is 2.07 bits per heavy atom. The molecule has 0 saturated heterocycles. The van der Waals surface area contributed by atoms with Crippen LogP contribution < -0.4 is 0 Å². The van der Waals surface area contributed by atoms with Crippen molar-refractivity contribution < 1.29 is 12.0 Å². The van der Waals surface area contributed by atoms with E-state index in [4.69, 9.17) is 6.85 Å². The van der Waals surface area contributed by atoms with Crippen molar-refractivity contribution in [3.63, 3.8) is 0 Å². The van der Waals surface area contributed by atoms with Crippen LogP contribution in [-0.4, -0.2) is 11.7 Å². The summed E-state index contributed by atoms with van der Waals surface area (Å²) >= 11 is 0. The van der Waals surface area contributed by atoms with Gasteiger partial charge in [-0.2, -0.15) is 0 Å². The van der Waals surface area contributed by atoms with Gasteiger partial charge in [0.15, 0.2) is 0 Å². The van der Waals surface area contributed by atoms with Gasteiger partial charge in [0.2, 0.25) is 0 Å². The van der Waals surface area contributed by atoms with E-state index in [1.807, 2.05) is 0 Å². The molecule has 1 heteroatoms. The smallest absolute Gasteiger partial charge is 0.0645 e. The molecular weight excluding hydrogens is 184 g/mol. The fourth-order valence-electron chi connectivity index (χ4n) is 1.33. The van der Waals surface area contributed by atoms with E-state index in [9.17, 15) is 5.11 Å². The molecule has 0 amide bonds. The van der Waals surface area contributed by atoms with Crippen molar-refractivity contribution in [2.75, 3.05) is 6.61 Å². The summed E-state index contributed by atoms with van der Waals surface area (Å²) in [7, 11) is 0. The molecule has 0 fully saturated rings. The molecule has 0 aliphatic heterocycles. The highest BCUT2D eigenvalue weighted by atomic mass is 16.3. The van der Waals surface area contributed by atoms with Gasteiger partial charge in [0.25, 0.3) is 0 Å². The van der Waals surface area contributed by atoms with Crippen LogP contribution in [0.5, 0.6) is 0 Å². The quantitative estimate of drug-likeness (QED) is 0.709. The van der Waals surface area contributed by atoms with E-state index in [2.05, 4.69) is 6.92 Å². The van der Waals surface area contributed by atoms with Gasteiger partial charge in [-0.15, -0.1) is 0 Å². The van der Waals surface area contributed by atoms with Gasteiger partial charge in [-0.1, -0.05) is 56.1 Å². The molecule has 0 heterocycles. The van der Waals surface area contributed by atoms with Gasteiger partial charge in [0.05, 0.1) is 13.5 Å². The highest BCUT2D eigenvalue weighted by Crippen LogP contribution is 2.12. The maximum absolute atomic E-state index is 9.34. The molecule has 1 nitrogen and oxygen atoms in total. The van der Waals surface area contributed by atoms with Gasteiger partial charge in [-0.25, -0.2) is 0 Å². The number of hydrogen-bond donors (Lipinski definition) is 1. The Bertz CT molecular complexity index is 482. The normalized spacial score (nSPS) is 16.4. The Morgan fingerprint density at radius 1 is 1.33 bits per heavy atom. The highest BCUT2D eigenvalue weighted by Gasteiger charge is 1.96. The van der Waals surface area contributed by atoms with Gasteiger partial charge in [-0.05, 0) is 24.0 Å². The molecule has 0 unspecified atom stereocenters. The van der Waals surface area contributed by atoms with Crippen LogP contribution in [0.2, 0.25) is 0 Å². The van der Waals surface area contributed by atoms with Gasteiger partial charge >= 0.3 is 0 Å². The molecule has 15 heavy (non-hydrogen) atoms. The molecule has 1 aromatic carbocycles. The monoisotopic (exact) mass is 209 g/mol. The minimum absolute atomic E-state index is 0.150. The summed E-state index contributed by atoms with van der Waals surface area (Å²) in [6, 6.07) is -1.53. The van der Waals surface area contributed by atoms with Crippen LogP contribution in [0.15, 0.2) is 35.8 Å². The van der Waals surface area contributed by atoms with Crippen LogP contribution in [0, 0.1) is 0 Å². The van der Waals surface area contributed by atoms with Gasteiger partial charge in [-0.3, -0.25) is 0 Å². The lowest BCUT2D eigenvalue weighted by molar-refractivity contribution is 0.326. The molecule has 0 saturated carbocycles. The van der Waals surface area contributed by atoms with E-state index in [1.54, 1.807) is 0 Å². The molecule has 0 aliphatic carbocycles. The maximum atomic E-state index is 9.34. The van der Waals surface area contributed by atoms with Crippen molar-refractivity contribution in [3.05, 3.63) is 41.3 Å². The first-order chi connectivity index (χ1) is 9.43. The minimum atomic E-state index is -0.395. The van der Waals surface area contributed by atoms with Crippen molar-refractivity contribution in [2.45, 2.75) is 32.6 Å². The van der Waals surface area contributed by atoms with Crippen LogP contribution in [0.25, 0.3) is 6.08 Å². The summed E-state index contributed by atoms with van der Waals surface area (Å²) in [6.07, 6.45) is 5.22. The van der Waals surface area contributed by atoms with E-state index in [-0.39, 0.29) is 36.3 Å². The van der Waals surface area contributed by atoms with Gasteiger partial charge in [0, 0.05) is 0 Å². The number of unbranched alkanes of at least 4 members (excludes halogenated alkanes) is 2. The lowest BCUT2D eigenvalue weighted by Crippen LogP contribution is -1.91. The fourth-order valence-corrected chi connectivity index (χ4v) is 1.33. The van der Waals surface area contributed by atoms with Gasteiger partial charge in [0.1, 0.15) is 0 Å². The number of rotatable bonds is 6. The molecular formula is C14H20O. The zero-order valence-electron chi connectivity index (χ0n) is 14.1. The molecule has 82 valence electrons. The van der Waals surface area contributed by atoms with Crippen molar-refractivity contribution >= 4 is 6.08 Å². The molecule has 0 atom stereocenters. The third-order valence-corrected chi connectivity index (χ3v) is 2.17. The van der Waals surface area contributed by atoms with Crippen LogP contribution >= 0.6 is 0 Å². The van der Waals surface area contributed by atoms with Crippen LogP contribution in [-0.2, 0) is 0 Å². The van der Waals surface area contributed by atoms with Crippen molar-refractivity contribution in [2.24, 2.45) is 0 Å². The van der Waals surface area contributed by atoms with Crippen molar-refractivity contribution in [1.82, 2.24) is 0 Å². The number of aliphatic hydroxyl groups is 1. The molecule has 0 aliphatic rings. The third kappa shape index (κ3) is 4.80. The second kappa shape index (κ2) is 7.24. The summed E-state index contributed by atoms with van der Waals surface area (Å²) in [4.78, 5) is 0. The Labute approximate surface area is 99.5 Å². The predicted octanol–water partition coefficient (Wildman–Crippen LogP) is 3.64. The Morgan fingerprint density at radius 3 is 2.67 bits per heavy atom. The van der Waals surface area contributed by atoms with E-state index >= 15 is 0 Å². The Balaban J connectivity index is 3.18. The molecule has 1 N–H and O–H groups in total. The first-order valence-corrected chi connectivity index (χ1v) is 5.31. The van der Waals surface area contributed by atoms with Crippen LogP contribution in [0.1, 0.15) is 45.0 Å². The molecule has 1 rings (SSSR count). The number of hydrogen-bond acceptors (Lipinski definition) is 1. The molecule has 0 bridgehead atoms. The predicted molar refractivity (Wildman–Crippen MR) is 65.6 cm³/mol. The van der Waals surface area contributed by atoms with Crippen LogP contribution in [0.3, 0.4) is 0 Å². The Kier molecular flexibility index (Phi) is 3.13. The maximum Gasteiger partial charge on any atom is 0.0645 e. The average Bonchev–Trinajstić information content (AvgIpc) is 2.45. The molecule has 0 aromatic heterocycles. The minimum Gasteiger partial charge on any atom is -0.392 e. The molecule has 0 spiro atoms. The lowest BCUT2D eigenvalue weighted by Gasteiger charge is -2.03. The zero-order chi connectivity index (χ0) is 15.3. The largest absolute Gasteiger partial charge is 0.392 e. The van der Waals surface area contributed by atoms with E-state index in [1.165, 1.54) is 6.08 Å². The summed E-state index contributed by atoms with van der Waals surface area (Å²) in [5, 5.41) is 9.34. The summed E-state index contributed by atoms with van der Waals surface area (Å²) in [5.74, 6) is 0. The van der Waals surface area contributed by atoms with E-state index in [0.717, 1.165) is 19.3 Å². The number of benzene rings is 1. The summed E-state index contributed by atoms with van der Waals surface area (Å²) in [6.45, 7) is 1.92. The third-order valence-electron chi connectivity index (χ3n) is 2.17. The fraction of sp³-hybridized carbons (Fsp3) is 0.429. The standard InChI is InChI=1S/C14H20O/c1-2-3-5-10-14(12-15)11-13-8-6-4-7-9-13/h4,6-9,11,15H,2-3,5,10,12H2,1H3/b14-11-/i4D,6D,7D,8D,9D. The van der Waals surface area contributed by atoms with E-state index < -0.39 is 6.04 Å². The first-order valence-electron chi connectivity index (χ1n) is 7.81. The van der Waals surface area contributed by atoms with Crippen molar-refractivity contribution in [1.29, 1.82) is 0 Å². The SMILES string of the molecule is [2H]c1c([2H])c([2H])c(/C=C(\CO)CCCCC)c([2H])c1[2H]. The Hall–Kier alpha value is -1.08. The van der Waals surface area contributed by atoms with Crippen LogP contribution in [0.4, 0.5) is 0 Å². The lowest BCUT2D eigenvalue weighted by atomic mass is 10.1. The second-order valence-corrected chi connectivity index (χ2v) is 3.46.